The smallest absolute Gasteiger partial charge is 0.246 e. The van der Waals surface area contributed by atoms with Gasteiger partial charge in [-0.05, 0) is 38.0 Å². The van der Waals surface area contributed by atoms with E-state index in [1.807, 2.05) is 12.1 Å². The molecular weight excluding hydrogens is 322 g/mol. The fourth-order valence-electron chi connectivity index (χ4n) is 3.09. The summed E-state index contributed by atoms with van der Waals surface area (Å²) in [6.45, 7) is 8.92. The zero-order valence-electron chi connectivity index (χ0n) is 15.5. The maximum absolute atomic E-state index is 11.6. The highest BCUT2D eigenvalue weighted by Crippen LogP contribution is 2.19. The molecule has 0 saturated carbocycles. The van der Waals surface area contributed by atoms with E-state index in [-0.39, 0.29) is 5.91 Å². The summed E-state index contributed by atoms with van der Waals surface area (Å²) in [5.41, 5.74) is 5.23. The number of benzene rings is 2. The van der Waals surface area contributed by atoms with Gasteiger partial charge in [-0.15, -0.1) is 0 Å². The van der Waals surface area contributed by atoms with Crippen molar-refractivity contribution >= 4 is 16.9 Å². The number of hydrogen-bond donors (Lipinski definition) is 1. The van der Waals surface area contributed by atoms with Crippen LogP contribution in [0.25, 0.3) is 11.0 Å². The number of fused-ring (bicyclic) bond motifs is 1. The summed E-state index contributed by atoms with van der Waals surface area (Å²) in [6, 6.07) is 16.8. The number of carbonyl (C=O) groups is 1. The van der Waals surface area contributed by atoms with Gasteiger partial charge in [-0.3, -0.25) is 4.79 Å². The first-order valence-electron chi connectivity index (χ1n) is 8.98. The number of nitrogens with zero attached hydrogens (tertiary/aromatic N) is 2. The summed E-state index contributed by atoms with van der Waals surface area (Å²) in [5, 5.41) is 2.89. The van der Waals surface area contributed by atoms with Gasteiger partial charge in [0.2, 0.25) is 5.91 Å². The second kappa shape index (κ2) is 8.00. The maximum atomic E-state index is 11.6. The van der Waals surface area contributed by atoms with Gasteiger partial charge >= 0.3 is 0 Å². The molecule has 0 unspecified atom stereocenters. The summed E-state index contributed by atoms with van der Waals surface area (Å²) < 4.78 is 2.28. The van der Waals surface area contributed by atoms with Gasteiger partial charge in [-0.25, -0.2) is 4.98 Å². The van der Waals surface area contributed by atoms with Crippen LogP contribution in [0.15, 0.2) is 60.7 Å². The Labute approximate surface area is 154 Å². The van der Waals surface area contributed by atoms with Crippen LogP contribution in [-0.2, 0) is 17.8 Å². The van der Waals surface area contributed by atoms with E-state index in [1.54, 1.807) is 6.92 Å². The van der Waals surface area contributed by atoms with E-state index in [0.29, 0.717) is 12.1 Å². The average Bonchev–Trinajstić information content (AvgIpc) is 2.96. The Balaban J connectivity index is 1.78. The Bertz CT molecular complexity index is 939. The number of nitrogens with one attached hydrogen (secondary N) is 1. The molecule has 0 aliphatic rings. The molecule has 0 atom stereocenters. The Morgan fingerprint density at radius 3 is 2.77 bits per heavy atom. The fourth-order valence-corrected chi connectivity index (χ4v) is 3.09. The number of aromatic nitrogens is 2. The minimum absolute atomic E-state index is 0.0849. The molecule has 1 N–H and O–H groups in total. The van der Waals surface area contributed by atoms with Crippen LogP contribution in [0.3, 0.4) is 0 Å². The first kappa shape index (κ1) is 17.9. The third-order valence-corrected chi connectivity index (χ3v) is 4.41. The van der Waals surface area contributed by atoms with Crippen molar-refractivity contribution in [2.75, 3.05) is 6.54 Å². The van der Waals surface area contributed by atoms with Crippen molar-refractivity contribution in [2.24, 2.45) is 0 Å². The molecule has 2 aromatic carbocycles. The molecular formula is C22H25N3O. The molecule has 1 amide bonds. The van der Waals surface area contributed by atoms with Crippen LogP contribution in [0.5, 0.6) is 0 Å². The summed E-state index contributed by atoms with van der Waals surface area (Å²) in [7, 11) is 0. The normalized spacial score (nSPS) is 10.8. The van der Waals surface area contributed by atoms with Gasteiger partial charge in [-0.2, -0.15) is 0 Å². The predicted molar refractivity (Wildman–Crippen MR) is 106 cm³/mol. The van der Waals surface area contributed by atoms with E-state index in [0.717, 1.165) is 36.2 Å². The van der Waals surface area contributed by atoms with Crippen molar-refractivity contribution in [1.29, 1.82) is 0 Å². The molecule has 26 heavy (non-hydrogen) atoms. The van der Waals surface area contributed by atoms with Crippen LogP contribution >= 0.6 is 0 Å². The van der Waals surface area contributed by atoms with Crippen LogP contribution in [0.2, 0.25) is 0 Å². The SMILES string of the molecule is C=C(C)C(=O)NCCCc1nc2ccccc2n1Cc1cccc(C)c1. The summed E-state index contributed by atoms with van der Waals surface area (Å²) in [5.74, 6) is 0.968. The molecule has 0 aliphatic carbocycles. The van der Waals surface area contributed by atoms with Crippen LogP contribution in [0.1, 0.15) is 30.3 Å². The monoisotopic (exact) mass is 347 g/mol. The number of rotatable bonds is 7. The lowest BCUT2D eigenvalue weighted by molar-refractivity contribution is -0.117. The molecule has 4 nitrogen and oxygen atoms in total. The zero-order chi connectivity index (χ0) is 18.5. The Hall–Kier alpha value is -2.88. The fraction of sp³-hybridized carbons (Fsp3) is 0.273. The zero-order valence-corrected chi connectivity index (χ0v) is 15.5. The molecule has 3 aromatic rings. The first-order valence-corrected chi connectivity index (χ1v) is 8.98. The van der Waals surface area contributed by atoms with Crippen molar-refractivity contribution in [3.8, 4) is 0 Å². The van der Waals surface area contributed by atoms with Gasteiger partial charge in [0.1, 0.15) is 5.82 Å². The number of carbonyl (C=O) groups excluding carboxylic acids is 1. The van der Waals surface area contributed by atoms with Gasteiger partial charge in [0.25, 0.3) is 0 Å². The van der Waals surface area contributed by atoms with Crippen molar-refractivity contribution in [3.05, 3.63) is 77.6 Å². The van der Waals surface area contributed by atoms with Gasteiger partial charge in [0, 0.05) is 25.1 Å². The standard InChI is InChI=1S/C22H25N3O/c1-16(2)22(26)23-13-7-12-21-24-19-10-4-5-11-20(19)25(21)15-18-9-6-8-17(3)14-18/h4-6,8-11,14H,1,7,12-13,15H2,2-3H3,(H,23,26). The molecule has 0 radical (unpaired) electrons. The molecule has 0 saturated heterocycles. The number of para-hydroxylation sites is 2. The number of aryl methyl sites for hydroxylation is 2. The van der Waals surface area contributed by atoms with Crippen molar-refractivity contribution in [3.63, 3.8) is 0 Å². The second-order valence-electron chi connectivity index (χ2n) is 6.73. The van der Waals surface area contributed by atoms with Gasteiger partial charge in [0.15, 0.2) is 0 Å². The number of hydrogen-bond acceptors (Lipinski definition) is 2. The Kier molecular flexibility index (Phi) is 5.52. The van der Waals surface area contributed by atoms with E-state index in [4.69, 9.17) is 4.98 Å². The highest BCUT2D eigenvalue weighted by atomic mass is 16.1. The molecule has 1 heterocycles. The second-order valence-corrected chi connectivity index (χ2v) is 6.73. The quantitative estimate of drug-likeness (QED) is 0.518. The molecule has 134 valence electrons. The van der Waals surface area contributed by atoms with E-state index in [1.165, 1.54) is 11.1 Å². The van der Waals surface area contributed by atoms with Gasteiger partial charge < -0.3 is 9.88 Å². The average molecular weight is 347 g/mol. The molecule has 0 spiro atoms. The van der Waals surface area contributed by atoms with Crippen molar-refractivity contribution in [1.82, 2.24) is 14.9 Å². The third-order valence-electron chi connectivity index (χ3n) is 4.41. The van der Waals surface area contributed by atoms with Crippen LogP contribution in [-0.4, -0.2) is 22.0 Å². The number of amides is 1. The minimum atomic E-state index is -0.0849. The highest BCUT2D eigenvalue weighted by molar-refractivity contribution is 5.92. The van der Waals surface area contributed by atoms with E-state index in [2.05, 4.69) is 59.8 Å². The largest absolute Gasteiger partial charge is 0.352 e. The number of imidazole rings is 1. The predicted octanol–water partition coefficient (Wildman–Crippen LogP) is 4.02. The lowest BCUT2D eigenvalue weighted by atomic mass is 10.1. The van der Waals surface area contributed by atoms with Crippen molar-refractivity contribution in [2.45, 2.75) is 33.2 Å². The van der Waals surface area contributed by atoms with E-state index < -0.39 is 0 Å². The minimum Gasteiger partial charge on any atom is -0.352 e. The molecule has 0 bridgehead atoms. The van der Waals surface area contributed by atoms with Crippen LogP contribution in [0.4, 0.5) is 0 Å². The van der Waals surface area contributed by atoms with E-state index >= 15 is 0 Å². The summed E-state index contributed by atoms with van der Waals surface area (Å²) in [4.78, 5) is 16.4. The third kappa shape index (κ3) is 4.20. The molecule has 3 rings (SSSR count). The summed E-state index contributed by atoms with van der Waals surface area (Å²) in [6.07, 6.45) is 1.66. The maximum Gasteiger partial charge on any atom is 0.246 e. The van der Waals surface area contributed by atoms with Gasteiger partial charge in [-0.1, -0.05) is 48.5 Å². The lowest BCUT2D eigenvalue weighted by Crippen LogP contribution is -2.25. The Morgan fingerprint density at radius 2 is 2.00 bits per heavy atom. The highest BCUT2D eigenvalue weighted by Gasteiger charge is 2.11. The molecule has 1 aromatic heterocycles. The topological polar surface area (TPSA) is 46.9 Å². The van der Waals surface area contributed by atoms with E-state index in [9.17, 15) is 4.79 Å². The summed E-state index contributed by atoms with van der Waals surface area (Å²) >= 11 is 0. The molecule has 4 heteroatoms. The molecule has 0 fully saturated rings. The van der Waals surface area contributed by atoms with Crippen LogP contribution < -0.4 is 5.32 Å². The Morgan fingerprint density at radius 1 is 1.19 bits per heavy atom. The first-order chi connectivity index (χ1) is 12.5. The van der Waals surface area contributed by atoms with Crippen LogP contribution in [0, 0.1) is 6.92 Å². The molecule has 0 aliphatic heterocycles. The van der Waals surface area contributed by atoms with Crippen molar-refractivity contribution < 1.29 is 4.79 Å². The lowest BCUT2D eigenvalue weighted by Gasteiger charge is -2.10. The van der Waals surface area contributed by atoms with Gasteiger partial charge in [0.05, 0.1) is 11.0 Å².